The minimum Gasteiger partial charge on any atom is -0.0622 e. The van der Waals surface area contributed by atoms with Gasteiger partial charge >= 0.3 is 0 Å². The second-order valence-corrected chi connectivity index (χ2v) is 8.29. The van der Waals surface area contributed by atoms with Gasteiger partial charge in [0, 0.05) is 5.41 Å². The molecule has 5 rings (SSSR count). The first-order chi connectivity index (χ1) is 13.6. The van der Waals surface area contributed by atoms with Crippen LogP contribution in [0.1, 0.15) is 30.5 Å². The molecule has 0 nitrogen and oxygen atoms in total. The van der Waals surface area contributed by atoms with Crippen molar-refractivity contribution < 1.29 is 0 Å². The van der Waals surface area contributed by atoms with Crippen LogP contribution in [0.4, 0.5) is 0 Å². The van der Waals surface area contributed by atoms with Crippen LogP contribution in [0.15, 0.2) is 91.0 Å². The maximum Gasteiger partial charge on any atom is 0.0165 e. The molecule has 0 atom stereocenters. The Labute approximate surface area is 167 Å². The predicted molar refractivity (Wildman–Crippen MR) is 120 cm³/mol. The van der Waals surface area contributed by atoms with E-state index in [-0.39, 0.29) is 5.41 Å². The Morgan fingerprint density at radius 1 is 0.536 bits per heavy atom. The standard InChI is InChI=1S/C28H24/c1-19-16-17-21(20-10-5-4-6-11-20)18-25(19)24-14-9-13-23-22-12-7-8-15-26(22)28(2,3)27(23)24/h4-18H,1-3H3. The van der Waals surface area contributed by atoms with Crippen LogP contribution in [0.25, 0.3) is 33.4 Å². The Balaban J connectivity index is 1.76. The van der Waals surface area contributed by atoms with E-state index in [9.17, 15) is 0 Å². The molecule has 1 aliphatic carbocycles. The summed E-state index contributed by atoms with van der Waals surface area (Å²) in [5.74, 6) is 0. The van der Waals surface area contributed by atoms with Crippen molar-refractivity contribution >= 4 is 0 Å². The highest BCUT2D eigenvalue weighted by Gasteiger charge is 2.37. The minimum absolute atomic E-state index is 0.00227. The minimum atomic E-state index is -0.00227. The fourth-order valence-corrected chi connectivity index (χ4v) is 4.79. The van der Waals surface area contributed by atoms with E-state index in [1.165, 1.54) is 50.1 Å². The Bertz CT molecular complexity index is 1180. The zero-order valence-corrected chi connectivity index (χ0v) is 16.7. The average Bonchev–Trinajstić information content (AvgIpc) is 2.97. The molecular weight excluding hydrogens is 336 g/mol. The molecule has 0 heterocycles. The van der Waals surface area contributed by atoms with Gasteiger partial charge in [-0.25, -0.2) is 0 Å². The van der Waals surface area contributed by atoms with Crippen LogP contribution < -0.4 is 0 Å². The molecule has 4 aromatic rings. The Morgan fingerprint density at radius 3 is 1.96 bits per heavy atom. The van der Waals surface area contributed by atoms with E-state index in [1.54, 1.807) is 0 Å². The monoisotopic (exact) mass is 360 g/mol. The molecule has 4 aromatic carbocycles. The summed E-state index contributed by atoms with van der Waals surface area (Å²) in [6, 6.07) is 33.1. The molecule has 136 valence electrons. The van der Waals surface area contributed by atoms with Gasteiger partial charge in [-0.1, -0.05) is 98.8 Å². The van der Waals surface area contributed by atoms with E-state index in [1.807, 2.05) is 0 Å². The van der Waals surface area contributed by atoms with Crippen molar-refractivity contribution in [1.29, 1.82) is 0 Å². The molecule has 0 heteroatoms. The summed E-state index contributed by atoms with van der Waals surface area (Å²) in [6.07, 6.45) is 0. The van der Waals surface area contributed by atoms with E-state index in [0.29, 0.717) is 0 Å². The summed E-state index contributed by atoms with van der Waals surface area (Å²) < 4.78 is 0. The van der Waals surface area contributed by atoms with Gasteiger partial charge in [0.15, 0.2) is 0 Å². The number of aryl methyl sites for hydroxylation is 1. The van der Waals surface area contributed by atoms with Gasteiger partial charge in [0.2, 0.25) is 0 Å². The van der Waals surface area contributed by atoms with Crippen molar-refractivity contribution in [3.63, 3.8) is 0 Å². The molecule has 0 aromatic heterocycles. The molecule has 0 radical (unpaired) electrons. The summed E-state index contributed by atoms with van der Waals surface area (Å²) >= 11 is 0. The summed E-state index contributed by atoms with van der Waals surface area (Å²) in [6.45, 7) is 6.94. The van der Waals surface area contributed by atoms with Gasteiger partial charge in [-0.2, -0.15) is 0 Å². The van der Waals surface area contributed by atoms with Crippen LogP contribution in [-0.4, -0.2) is 0 Å². The van der Waals surface area contributed by atoms with Gasteiger partial charge in [0.25, 0.3) is 0 Å². The molecule has 0 aliphatic heterocycles. The third kappa shape index (κ3) is 2.45. The third-order valence-corrected chi connectivity index (χ3v) is 6.21. The molecule has 1 aliphatic rings. The SMILES string of the molecule is Cc1ccc(-c2ccccc2)cc1-c1cccc2c1C(C)(C)c1ccccc1-2. The summed E-state index contributed by atoms with van der Waals surface area (Å²) in [5, 5.41) is 0. The predicted octanol–water partition coefficient (Wildman–Crippen LogP) is 7.64. The molecular formula is C28H24. The quantitative estimate of drug-likeness (QED) is 0.344. The number of hydrogen-bond donors (Lipinski definition) is 0. The Kier molecular flexibility index (Phi) is 3.77. The van der Waals surface area contributed by atoms with E-state index in [2.05, 4.69) is 112 Å². The summed E-state index contributed by atoms with van der Waals surface area (Å²) in [5.41, 5.74) is 12.2. The van der Waals surface area contributed by atoms with Gasteiger partial charge in [0.1, 0.15) is 0 Å². The molecule has 0 N–H and O–H groups in total. The highest BCUT2D eigenvalue weighted by molar-refractivity contribution is 5.89. The van der Waals surface area contributed by atoms with Crippen molar-refractivity contribution in [2.24, 2.45) is 0 Å². The van der Waals surface area contributed by atoms with Gasteiger partial charge in [-0.15, -0.1) is 0 Å². The van der Waals surface area contributed by atoms with E-state index in [4.69, 9.17) is 0 Å². The second kappa shape index (κ2) is 6.21. The van der Waals surface area contributed by atoms with E-state index >= 15 is 0 Å². The van der Waals surface area contributed by atoms with Crippen LogP contribution >= 0.6 is 0 Å². The van der Waals surface area contributed by atoms with Crippen molar-refractivity contribution in [2.75, 3.05) is 0 Å². The molecule has 0 spiro atoms. The van der Waals surface area contributed by atoms with Crippen LogP contribution in [0, 0.1) is 6.92 Å². The van der Waals surface area contributed by atoms with Crippen molar-refractivity contribution in [3.05, 3.63) is 108 Å². The highest BCUT2D eigenvalue weighted by atomic mass is 14.4. The maximum absolute atomic E-state index is 2.36. The number of rotatable bonds is 2. The zero-order valence-electron chi connectivity index (χ0n) is 16.7. The van der Waals surface area contributed by atoms with Crippen LogP contribution in [0.5, 0.6) is 0 Å². The molecule has 28 heavy (non-hydrogen) atoms. The lowest BCUT2D eigenvalue weighted by molar-refractivity contribution is 0.662. The lowest BCUT2D eigenvalue weighted by atomic mass is 9.78. The van der Waals surface area contributed by atoms with Gasteiger partial charge in [-0.05, 0) is 63.1 Å². The smallest absolute Gasteiger partial charge is 0.0165 e. The number of benzene rings is 4. The fraction of sp³-hybridized carbons (Fsp3) is 0.143. The Morgan fingerprint density at radius 2 is 1.18 bits per heavy atom. The second-order valence-electron chi connectivity index (χ2n) is 8.29. The van der Waals surface area contributed by atoms with E-state index in [0.717, 1.165) is 0 Å². The largest absolute Gasteiger partial charge is 0.0622 e. The summed E-state index contributed by atoms with van der Waals surface area (Å²) in [4.78, 5) is 0. The lowest BCUT2D eigenvalue weighted by Gasteiger charge is -2.25. The highest BCUT2D eigenvalue weighted by Crippen LogP contribution is 2.52. The lowest BCUT2D eigenvalue weighted by Crippen LogP contribution is -2.16. The van der Waals surface area contributed by atoms with Crippen LogP contribution in [0.2, 0.25) is 0 Å². The van der Waals surface area contributed by atoms with Gasteiger partial charge in [-0.3, -0.25) is 0 Å². The first-order valence-corrected chi connectivity index (χ1v) is 9.97. The molecule has 0 amide bonds. The van der Waals surface area contributed by atoms with Crippen LogP contribution in [-0.2, 0) is 5.41 Å². The third-order valence-electron chi connectivity index (χ3n) is 6.21. The zero-order chi connectivity index (χ0) is 19.3. The van der Waals surface area contributed by atoms with Crippen molar-refractivity contribution in [2.45, 2.75) is 26.2 Å². The molecule has 0 bridgehead atoms. The first kappa shape index (κ1) is 17.0. The van der Waals surface area contributed by atoms with Crippen molar-refractivity contribution in [1.82, 2.24) is 0 Å². The molecule has 0 saturated heterocycles. The molecule has 0 fully saturated rings. The van der Waals surface area contributed by atoms with Gasteiger partial charge < -0.3 is 0 Å². The molecule has 0 saturated carbocycles. The van der Waals surface area contributed by atoms with Crippen molar-refractivity contribution in [3.8, 4) is 33.4 Å². The molecule has 0 unspecified atom stereocenters. The topological polar surface area (TPSA) is 0 Å². The maximum atomic E-state index is 2.36. The first-order valence-electron chi connectivity index (χ1n) is 9.97. The number of hydrogen-bond acceptors (Lipinski definition) is 0. The van der Waals surface area contributed by atoms with E-state index < -0.39 is 0 Å². The normalized spacial score (nSPS) is 13.8. The van der Waals surface area contributed by atoms with Gasteiger partial charge in [0.05, 0.1) is 0 Å². The van der Waals surface area contributed by atoms with Crippen LogP contribution in [0.3, 0.4) is 0 Å². The fourth-order valence-electron chi connectivity index (χ4n) is 4.79. The summed E-state index contributed by atoms with van der Waals surface area (Å²) in [7, 11) is 0. The Hall–Kier alpha value is -3.12. The number of fused-ring (bicyclic) bond motifs is 3. The average molecular weight is 361 g/mol.